The number of ether oxygens (including phenoxy) is 2. The van der Waals surface area contributed by atoms with E-state index in [1.54, 1.807) is 24.3 Å². The summed E-state index contributed by atoms with van der Waals surface area (Å²) in [6.45, 7) is 1.62. The predicted octanol–water partition coefficient (Wildman–Crippen LogP) is -0.101. The number of hydrogen-bond acceptors (Lipinski definition) is 5. The van der Waals surface area contributed by atoms with E-state index in [0.717, 1.165) is 6.54 Å². The molecule has 1 saturated heterocycles. The van der Waals surface area contributed by atoms with Crippen LogP contribution in [0.4, 0.5) is 5.69 Å². The van der Waals surface area contributed by atoms with E-state index in [9.17, 15) is 9.59 Å². The molecule has 0 bridgehead atoms. The first kappa shape index (κ1) is 17.2. The highest BCUT2D eigenvalue weighted by atomic mass is 35.5. The summed E-state index contributed by atoms with van der Waals surface area (Å²) >= 11 is 0. The van der Waals surface area contributed by atoms with Gasteiger partial charge in [-0.3, -0.25) is 9.59 Å². The zero-order valence-electron chi connectivity index (χ0n) is 11.3. The van der Waals surface area contributed by atoms with E-state index in [1.807, 2.05) is 0 Å². The number of amides is 2. The van der Waals surface area contributed by atoms with Crippen LogP contribution in [0.2, 0.25) is 0 Å². The summed E-state index contributed by atoms with van der Waals surface area (Å²) in [4.78, 5) is 22.5. The Hall–Kier alpha value is -1.83. The third kappa shape index (κ3) is 5.58. The standard InChI is InChI=1S/C13H17N3O4.ClH/c14-12(17)8-20-10-3-1-9(2-4-10)16-13(18)11-7-15-5-6-19-11;/h1-4,11,15H,5-8H2,(H2,14,17)(H,16,18);1H. The van der Waals surface area contributed by atoms with Gasteiger partial charge in [-0.15, -0.1) is 12.4 Å². The molecule has 1 aromatic rings. The summed E-state index contributed by atoms with van der Waals surface area (Å²) in [5.41, 5.74) is 5.61. The molecule has 21 heavy (non-hydrogen) atoms. The third-order valence-electron chi connectivity index (χ3n) is 2.72. The Morgan fingerprint density at radius 2 is 2.10 bits per heavy atom. The molecule has 0 saturated carbocycles. The number of morpholine rings is 1. The molecule has 1 atom stereocenters. The number of primary amides is 1. The van der Waals surface area contributed by atoms with Gasteiger partial charge in [0.2, 0.25) is 0 Å². The zero-order chi connectivity index (χ0) is 14.4. The van der Waals surface area contributed by atoms with Crippen molar-refractivity contribution in [2.45, 2.75) is 6.10 Å². The van der Waals surface area contributed by atoms with Crippen LogP contribution in [0.1, 0.15) is 0 Å². The molecule has 0 radical (unpaired) electrons. The Labute approximate surface area is 128 Å². The van der Waals surface area contributed by atoms with E-state index < -0.39 is 12.0 Å². The van der Waals surface area contributed by atoms with Gasteiger partial charge in [0.15, 0.2) is 6.61 Å². The molecule has 0 aromatic heterocycles. The molecule has 1 aromatic carbocycles. The van der Waals surface area contributed by atoms with Crippen molar-refractivity contribution >= 4 is 29.9 Å². The first-order valence-electron chi connectivity index (χ1n) is 6.29. The van der Waals surface area contributed by atoms with E-state index in [2.05, 4.69) is 10.6 Å². The van der Waals surface area contributed by atoms with Crippen molar-refractivity contribution in [2.75, 3.05) is 31.6 Å². The maximum Gasteiger partial charge on any atom is 0.255 e. The lowest BCUT2D eigenvalue weighted by Crippen LogP contribution is -2.45. The Morgan fingerprint density at radius 3 is 2.67 bits per heavy atom. The number of rotatable bonds is 5. The van der Waals surface area contributed by atoms with E-state index in [0.29, 0.717) is 24.6 Å². The second-order valence-electron chi connectivity index (χ2n) is 4.33. The second kappa shape index (κ2) is 8.46. The van der Waals surface area contributed by atoms with Crippen LogP contribution in [-0.4, -0.2) is 44.2 Å². The molecule has 4 N–H and O–H groups in total. The summed E-state index contributed by atoms with van der Waals surface area (Å²) in [7, 11) is 0. The van der Waals surface area contributed by atoms with Crippen LogP contribution in [0.15, 0.2) is 24.3 Å². The number of carbonyl (C=O) groups is 2. The average molecular weight is 316 g/mol. The van der Waals surface area contributed by atoms with Crippen LogP contribution < -0.4 is 21.1 Å². The van der Waals surface area contributed by atoms with E-state index in [4.69, 9.17) is 15.2 Å². The van der Waals surface area contributed by atoms with Crippen molar-refractivity contribution in [3.63, 3.8) is 0 Å². The van der Waals surface area contributed by atoms with Crippen LogP contribution in [0, 0.1) is 0 Å². The lowest BCUT2D eigenvalue weighted by Gasteiger charge is -2.22. The molecule has 1 unspecified atom stereocenters. The molecule has 2 rings (SSSR count). The van der Waals surface area contributed by atoms with Gasteiger partial charge in [0.1, 0.15) is 11.9 Å². The molecule has 0 aliphatic carbocycles. The first-order chi connectivity index (χ1) is 9.65. The van der Waals surface area contributed by atoms with Crippen molar-refractivity contribution < 1.29 is 19.1 Å². The number of benzene rings is 1. The van der Waals surface area contributed by atoms with Crippen molar-refractivity contribution in [1.82, 2.24) is 5.32 Å². The Balaban J connectivity index is 0.00000220. The molecule has 8 heteroatoms. The fraction of sp³-hybridized carbons (Fsp3) is 0.385. The molecule has 1 heterocycles. The summed E-state index contributed by atoms with van der Waals surface area (Å²) in [6, 6.07) is 6.67. The predicted molar refractivity (Wildman–Crippen MR) is 79.6 cm³/mol. The maximum absolute atomic E-state index is 11.9. The van der Waals surface area contributed by atoms with E-state index in [-0.39, 0.29) is 24.9 Å². The molecule has 2 amide bonds. The molecule has 1 aliphatic heterocycles. The summed E-state index contributed by atoms with van der Waals surface area (Å²) in [5, 5.41) is 5.84. The highest BCUT2D eigenvalue weighted by molar-refractivity contribution is 5.94. The van der Waals surface area contributed by atoms with Crippen LogP contribution in [0.3, 0.4) is 0 Å². The minimum atomic E-state index is -0.538. The molecule has 7 nitrogen and oxygen atoms in total. The van der Waals surface area contributed by atoms with Crippen LogP contribution in [0.5, 0.6) is 5.75 Å². The summed E-state index contributed by atoms with van der Waals surface area (Å²) in [6.07, 6.45) is -0.477. The number of nitrogens with two attached hydrogens (primary N) is 1. The van der Waals surface area contributed by atoms with Gasteiger partial charge in [-0.05, 0) is 24.3 Å². The lowest BCUT2D eigenvalue weighted by molar-refractivity contribution is -0.128. The molecular weight excluding hydrogens is 298 g/mol. The number of halogens is 1. The van der Waals surface area contributed by atoms with Crippen molar-refractivity contribution in [3.8, 4) is 5.75 Å². The van der Waals surface area contributed by atoms with Crippen molar-refractivity contribution in [3.05, 3.63) is 24.3 Å². The molecule has 1 fully saturated rings. The minimum absolute atomic E-state index is 0. The Bertz CT molecular complexity index is 475. The Morgan fingerprint density at radius 1 is 1.38 bits per heavy atom. The fourth-order valence-electron chi connectivity index (χ4n) is 1.75. The fourth-order valence-corrected chi connectivity index (χ4v) is 1.75. The smallest absolute Gasteiger partial charge is 0.255 e. The molecular formula is C13H18ClN3O4. The number of hydrogen-bond donors (Lipinski definition) is 3. The maximum atomic E-state index is 11.9. The third-order valence-corrected chi connectivity index (χ3v) is 2.72. The van der Waals surface area contributed by atoms with Gasteiger partial charge in [0, 0.05) is 18.8 Å². The van der Waals surface area contributed by atoms with Gasteiger partial charge in [-0.2, -0.15) is 0 Å². The van der Waals surface area contributed by atoms with Crippen LogP contribution in [-0.2, 0) is 14.3 Å². The monoisotopic (exact) mass is 315 g/mol. The summed E-state index contributed by atoms with van der Waals surface area (Å²) in [5.74, 6) is -0.218. The molecule has 0 spiro atoms. The number of carbonyl (C=O) groups excluding carboxylic acids is 2. The highest BCUT2D eigenvalue weighted by Crippen LogP contribution is 2.16. The van der Waals surface area contributed by atoms with Gasteiger partial charge in [0.25, 0.3) is 11.8 Å². The van der Waals surface area contributed by atoms with Crippen molar-refractivity contribution in [1.29, 1.82) is 0 Å². The summed E-state index contributed by atoms with van der Waals surface area (Å²) < 4.78 is 10.5. The Kier molecular flexibility index (Phi) is 6.93. The van der Waals surface area contributed by atoms with Gasteiger partial charge in [-0.25, -0.2) is 0 Å². The van der Waals surface area contributed by atoms with Crippen molar-refractivity contribution in [2.24, 2.45) is 5.73 Å². The largest absolute Gasteiger partial charge is 0.484 e. The van der Waals surface area contributed by atoms with Gasteiger partial charge in [0.05, 0.1) is 6.61 Å². The lowest BCUT2D eigenvalue weighted by atomic mass is 10.2. The number of anilines is 1. The van der Waals surface area contributed by atoms with Crippen LogP contribution in [0.25, 0.3) is 0 Å². The minimum Gasteiger partial charge on any atom is -0.484 e. The number of nitrogens with one attached hydrogen (secondary N) is 2. The molecule has 1 aliphatic rings. The first-order valence-corrected chi connectivity index (χ1v) is 6.29. The normalized spacial score (nSPS) is 17.4. The van der Waals surface area contributed by atoms with Gasteiger partial charge in [-0.1, -0.05) is 0 Å². The quantitative estimate of drug-likeness (QED) is 0.704. The SMILES string of the molecule is Cl.NC(=O)COc1ccc(NC(=O)C2CNCCO2)cc1. The second-order valence-corrected chi connectivity index (χ2v) is 4.33. The van der Waals surface area contributed by atoms with E-state index >= 15 is 0 Å². The van der Waals surface area contributed by atoms with E-state index in [1.165, 1.54) is 0 Å². The topological polar surface area (TPSA) is 103 Å². The van der Waals surface area contributed by atoms with Crippen LogP contribution >= 0.6 is 12.4 Å². The average Bonchev–Trinajstić information content (AvgIpc) is 2.47. The molecule has 116 valence electrons. The zero-order valence-corrected chi connectivity index (χ0v) is 12.2. The van der Waals surface area contributed by atoms with Gasteiger partial charge < -0.3 is 25.8 Å². The van der Waals surface area contributed by atoms with Gasteiger partial charge >= 0.3 is 0 Å². The highest BCUT2D eigenvalue weighted by Gasteiger charge is 2.21.